The number of benzene rings is 1. The molecular formula is C24H24F2N8O2. The largest absolute Gasteiger partial charge is 0.359 e. The Morgan fingerprint density at radius 2 is 1.92 bits per heavy atom. The van der Waals surface area contributed by atoms with Crippen LogP contribution in [0.5, 0.6) is 0 Å². The summed E-state index contributed by atoms with van der Waals surface area (Å²) in [5.41, 5.74) is 2.46. The Bertz CT molecular complexity index is 1460. The number of nitrogens with one attached hydrogen (secondary N) is 2. The lowest BCUT2D eigenvalue weighted by atomic mass is 9.93. The summed E-state index contributed by atoms with van der Waals surface area (Å²) in [5.74, 6) is -1.58. The first-order valence-corrected chi connectivity index (χ1v) is 11.3. The molecule has 12 heteroatoms. The second-order valence-corrected chi connectivity index (χ2v) is 9.77. The highest BCUT2D eigenvalue weighted by Crippen LogP contribution is 2.31. The number of hydrogen-bond acceptors (Lipinski definition) is 9. The van der Waals surface area contributed by atoms with Gasteiger partial charge in [-0.25, -0.2) is 28.7 Å². The molecule has 10 nitrogen and oxygen atoms in total. The van der Waals surface area contributed by atoms with Gasteiger partial charge in [0.25, 0.3) is 11.8 Å². The van der Waals surface area contributed by atoms with Crippen molar-refractivity contribution in [1.29, 1.82) is 0 Å². The van der Waals surface area contributed by atoms with Crippen LogP contribution in [0.15, 0.2) is 41.3 Å². The van der Waals surface area contributed by atoms with E-state index in [2.05, 4.69) is 35.7 Å². The van der Waals surface area contributed by atoms with E-state index >= 15 is 0 Å². The van der Waals surface area contributed by atoms with E-state index in [1.165, 1.54) is 17.4 Å². The number of amides is 1. The summed E-state index contributed by atoms with van der Waals surface area (Å²) in [6.07, 6.45) is 2.83. The van der Waals surface area contributed by atoms with E-state index in [-0.39, 0.29) is 17.3 Å². The second kappa shape index (κ2) is 8.47. The van der Waals surface area contributed by atoms with Crippen LogP contribution < -0.4 is 15.5 Å². The van der Waals surface area contributed by atoms with E-state index in [1.807, 2.05) is 27.7 Å². The van der Waals surface area contributed by atoms with Crippen molar-refractivity contribution in [3.8, 4) is 0 Å². The van der Waals surface area contributed by atoms with Crippen molar-refractivity contribution >= 4 is 40.2 Å². The average molecular weight is 495 g/mol. The predicted molar refractivity (Wildman–Crippen MR) is 130 cm³/mol. The maximum Gasteiger partial charge on any atom is 0.282 e. The fraction of sp³-hybridized carbons (Fsp3) is 0.333. The molecule has 4 aromatic rings. The van der Waals surface area contributed by atoms with Gasteiger partial charge in [-0.05, 0) is 24.6 Å². The molecular weight excluding hydrogens is 470 g/mol. The molecule has 36 heavy (non-hydrogen) atoms. The molecule has 1 aromatic carbocycles. The number of carbonyl (C=O) groups excluding carboxylic acids is 1. The Labute approximate surface area is 205 Å². The minimum Gasteiger partial charge on any atom is -0.359 e. The molecule has 0 radical (unpaired) electrons. The summed E-state index contributed by atoms with van der Waals surface area (Å²) in [4.78, 5) is 31.3. The van der Waals surface area contributed by atoms with Gasteiger partial charge in [-0.2, -0.15) is 0 Å². The van der Waals surface area contributed by atoms with Gasteiger partial charge in [0.05, 0.1) is 19.3 Å². The molecule has 3 aromatic heterocycles. The highest BCUT2D eigenvalue weighted by Gasteiger charge is 2.45. The monoisotopic (exact) mass is 494 g/mol. The molecule has 5 rings (SSSR count). The molecule has 0 bridgehead atoms. The van der Waals surface area contributed by atoms with Crippen molar-refractivity contribution in [1.82, 2.24) is 25.1 Å². The number of alkyl halides is 2. The summed E-state index contributed by atoms with van der Waals surface area (Å²) in [6, 6.07) is 6.88. The van der Waals surface area contributed by atoms with Crippen molar-refractivity contribution in [3.05, 3.63) is 53.7 Å². The number of aromatic nitrogens is 5. The maximum atomic E-state index is 13.3. The van der Waals surface area contributed by atoms with Crippen molar-refractivity contribution in [2.24, 2.45) is 0 Å². The Balaban J connectivity index is 1.39. The summed E-state index contributed by atoms with van der Waals surface area (Å²) in [7, 11) is 0. The molecule has 1 fully saturated rings. The minimum absolute atomic E-state index is 0.179. The number of anilines is 4. The Morgan fingerprint density at radius 3 is 2.61 bits per heavy atom. The summed E-state index contributed by atoms with van der Waals surface area (Å²) in [6.45, 7) is 6.97. The van der Waals surface area contributed by atoms with E-state index in [9.17, 15) is 13.6 Å². The molecule has 0 aliphatic carbocycles. The van der Waals surface area contributed by atoms with Crippen LogP contribution in [-0.4, -0.2) is 50.0 Å². The first kappa shape index (κ1) is 23.5. The standard InChI is InChI=1S/C24H24F2N8O2/c1-13-5-6-14(21(35)31-18-8-17(36-33-18)23(2,3)4)7-15(13)30-20-19-16(28-12-29-20)9-27-22(32-19)34-10-24(25,26)11-34/h5-9,12H,10-11H2,1-4H3,(H,28,29,30)(H,31,33,35). The third kappa shape index (κ3) is 4.66. The molecule has 0 spiro atoms. The fourth-order valence-corrected chi connectivity index (χ4v) is 3.64. The van der Waals surface area contributed by atoms with Gasteiger partial charge in [-0.3, -0.25) is 4.79 Å². The number of hydrogen-bond donors (Lipinski definition) is 2. The van der Waals surface area contributed by atoms with Crippen LogP contribution in [0, 0.1) is 6.92 Å². The summed E-state index contributed by atoms with van der Waals surface area (Å²) < 4.78 is 32.0. The molecule has 1 amide bonds. The molecule has 4 heterocycles. The number of halogens is 2. The van der Waals surface area contributed by atoms with Crippen LogP contribution in [0.3, 0.4) is 0 Å². The third-order valence-electron chi connectivity index (χ3n) is 5.74. The normalized spacial score (nSPS) is 15.0. The van der Waals surface area contributed by atoms with Crippen LogP contribution in [0.25, 0.3) is 11.0 Å². The van der Waals surface area contributed by atoms with Gasteiger partial charge in [0.15, 0.2) is 11.6 Å². The quantitative estimate of drug-likeness (QED) is 0.414. The lowest BCUT2D eigenvalue weighted by molar-refractivity contribution is -0.0271. The lowest BCUT2D eigenvalue weighted by Gasteiger charge is -2.38. The smallest absolute Gasteiger partial charge is 0.282 e. The Kier molecular flexibility index (Phi) is 5.53. The first-order chi connectivity index (χ1) is 17.0. The van der Waals surface area contributed by atoms with E-state index in [4.69, 9.17) is 4.52 Å². The van der Waals surface area contributed by atoms with Crippen molar-refractivity contribution in [3.63, 3.8) is 0 Å². The topological polar surface area (TPSA) is 122 Å². The molecule has 1 saturated heterocycles. The van der Waals surface area contributed by atoms with Gasteiger partial charge in [-0.15, -0.1) is 0 Å². The van der Waals surface area contributed by atoms with Crippen LogP contribution in [0.1, 0.15) is 42.5 Å². The van der Waals surface area contributed by atoms with Crippen LogP contribution in [0.4, 0.5) is 32.1 Å². The van der Waals surface area contributed by atoms with Crippen molar-refractivity contribution in [2.45, 2.75) is 39.0 Å². The Morgan fingerprint density at radius 1 is 1.14 bits per heavy atom. The number of nitrogens with zero attached hydrogens (tertiary/aromatic N) is 6. The molecule has 186 valence electrons. The van der Waals surface area contributed by atoms with Crippen LogP contribution >= 0.6 is 0 Å². The molecule has 1 aliphatic rings. The van der Waals surface area contributed by atoms with Gasteiger partial charge in [0.2, 0.25) is 5.95 Å². The molecule has 1 aliphatic heterocycles. The van der Waals surface area contributed by atoms with Gasteiger partial charge in [0, 0.05) is 22.7 Å². The van der Waals surface area contributed by atoms with E-state index in [1.54, 1.807) is 24.3 Å². The van der Waals surface area contributed by atoms with Gasteiger partial charge < -0.3 is 20.1 Å². The van der Waals surface area contributed by atoms with Crippen molar-refractivity contribution < 1.29 is 18.1 Å². The average Bonchev–Trinajstić information content (AvgIpc) is 3.28. The first-order valence-electron chi connectivity index (χ1n) is 11.3. The number of aryl methyl sites for hydroxylation is 1. The van der Waals surface area contributed by atoms with Gasteiger partial charge in [0.1, 0.15) is 23.1 Å². The van der Waals surface area contributed by atoms with Crippen molar-refractivity contribution in [2.75, 3.05) is 28.6 Å². The van der Waals surface area contributed by atoms with Crippen LogP contribution in [0.2, 0.25) is 0 Å². The molecule has 0 atom stereocenters. The fourth-order valence-electron chi connectivity index (χ4n) is 3.64. The lowest BCUT2D eigenvalue weighted by Crippen LogP contribution is -2.57. The zero-order chi connectivity index (χ0) is 25.7. The molecule has 2 N–H and O–H groups in total. The van der Waals surface area contributed by atoms with E-state index in [0.717, 1.165) is 5.56 Å². The highest BCUT2D eigenvalue weighted by molar-refractivity contribution is 6.04. The number of carbonyl (C=O) groups is 1. The summed E-state index contributed by atoms with van der Waals surface area (Å²) >= 11 is 0. The van der Waals surface area contributed by atoms with Crippen LogP contribution in [-0.2, 0) is 5.41 Å². The SMILES string of the molecule is Cc1ccc(C(=O)Nc2cc(C(C)(C)C)on2)cc1Nc1ncnc2cnc(N3CC(F)(F)C3)nc12. The number of rotatable bonds is 5. The highest BCUT2D eigenvalue weighted by atomic mass is 19.3. The van der Waals surface area contributed by atoms with Gasteiger partial charge >= 0.3 is 0 Å². The van der Waals surface area contributed by atoms with Gasteiger partial charge in [-0.1, -0.05) is 32.0 Å². The predicted octanol–water partition coefficient (Wildman–Crippen LogP) is 4.46. The summed E-state index contributed by atoms with van der Waals surface area (Å²) in [5, 5.41) is 9.87. The minimum atomic E-state index is -2.75. The van der Waals surface area contributed by atoms with E-state index in [0.29, 0.717) is 39.7 Å². The zero-order valence-corrected chi connectivity index (χ0v) is 20.1. The zero-order valence-electron chi connectivity index (χ0n) is 20.1. The molecule has 0 unspecified atom stereocenters. The third-order valence-corrected chi connectivity index (χ3v) is 5.74. The molecule has 0 saturated carbocycles. The maximum absolute atomic E-state index is 13.3. The number of fused-ring (bicyclic) bond motifs is 1. The Hall–Kier alpha value is -4.22. The second-order valence-electron chi connectivity index (χ2n) is 9.77. The van der Waals surface area contributed by atoms with E-state index < -0.39 is 19.0 Å².